The van der Waals surface area contributed by atoms with Crippen LogP contribution in [0.5, 0.6) is 5.75 Å². The van der Waals surface area contributed by atoms with E-state index in [4.69, 9.17) is 4.74 Å². The van der Waals surface area contributed by atoms with Gasteiger partial charge in [0.2, 0.25) is 0 Å². The summed E-state index contributed by atoms with van der Waals surface area (Å²) in [6.45, 7) is 4.68. The van der Waals surface area contributed by atoms with E-state index in [0.29, 0.717) is 23.8 Å². The molecule has 4 aromatic carbocycles. The Labute approximate surface area is 196 Å². The van der Waals surface area contributed by atoms with Crippen LogP contribution in [0.3, 0.4) is 0 Å². The summed E-state index contributed by atoms with van der Waals surface area (Å²) >= 11 is 0. The predicted molar refractivity (Wildman–Crippen MR) is 137 cm³/mol. The van der Waals surface area contributed by atoms with Gasteiger partial charge in [-0.25, -0.2) is 4.39 Å². The highest BCUT2D eigenvalue weighted by atomic mass is 19.1. The molecule has 0 N–H and O–H groups in total. The largest absolute Gasteiger partial charge is 0.494 e. The molecule has 2 heteroatoms. The van der Waals surface area contributed by atoms with Gasteiger partial charge in [-0.3, -0.25) is 0 Å². The highest BCUT2D eigenvalue weighted by Crippen LogP contribution is 2.25. The maximum atomic E-state index is 14.2. The number of rotatable bonds is 8. The van der Waals surface area contributed by atoms with E-state index in [9.17, 15) is 4.39 Å². The first kappa shape index (κ1) is 22.5. The molecule has 0 fully saturated rings. The summed E-state index contributed by atoms with van der Waals surface area (Å²) in [5.41, 5.74) is 6.65. The molecule has 166 valence electrons. The summed E-state index contributed by atoms with van der Waals surface area (Å²) in [4.78, 5) is 0. The Morgan fingerprint density at radius 2 is 1.45 bits per heavy atom. The summed E-state index contributed by atoms with van der Waals surface area (Å²) in [6, 6.07) is 32.8. The first-order valence-corrected chi connectivity index (χ1v) is 11.5. The molecule has 1 nitrogen and oxygen atoms in total. The van der Waals surface area contributed by atoms with Crippen molar-refractivity contribution in [2.75, 3.05) is 6.61 Å². The van der Waals surface area contributed by atoms with Crippen LogP contribution in [-0.4, -0.2) is 6.61 Å². The SMILES string of the molecule is CCOc1ccc(/C=C/c2ccc(-c3ccc(CC(C)c4ccccc4)cc3)cc2)c(F)c1. The Morgan fingerprint density at radius 3 is 2.09 bits per heavy atom. The summed E-state index contributed by atoms with van der Waals surface area (Å²) in [6.07, 6.45) is 4.75. The molecule has 0 bridgehead atoms. The van der Waals surface area contributed by atoms with Crippen LogP contribution in [0.25, 0.3) is 23.3 Å². The fraction of sp³-hybridized carbons (Fsp3) is 0.161. The van der Waals surface area contributed by atoms with Gasteiger partial charge in [0.05, 0.1) is 6.61 Å². The Bertz CT molecular complexity index is 1190. The van der Waals surface area contributed by atoms with Crippen molar-refractivity contribution in [2.24, 2.45) is 0 Å². The summed E-state index contributed by atoms with van der Waals surface area (Å²) in [5.74, 6) is 0.760. The minimum Gasteiger partial charge on any atom is -0.494 e. The lowest BCUT2D eigenvalue weighted by atomic mass is 9.93. The Balaban J connectivity index is 1.40. The zero-order valence-corrected chi connectivity index (χ0v) is 19.2. The third kappa shape index (κ3) is 5.98. The molecular weight excluding hydrogens is 407 g/mol. The molecule has 0 saturated carbocycles. The molecule has 0 aliphatic rings. The fourth-order valence-corrected chi connectivity index (χ4v) is 3.96. The van der Waals surface area contributed by atoms with Gasteiger partial charge in [0.25, 0.3) is 0 Å². The average molecular weight is 437 g/mol. The lowest BCUT2D eigenvalue weighted by Crippen LogP contribution is -1.98. The van der Waals surface area contributed by atoms with Crippen LogP contribution in [0.15, 0.2) is 97.1 Å². The second kappa shape index (κ2) is 10.8. The molecule has 0 aliphatic carbocycles. The van der Waals surface area contributed by atoms with Gasteiger partial charge in [-0.05, 0) is 59.2 Å². The number of benzene rings is 4. The minimum absolute atomic E-state index is 0.282. The Morgan fingerprint density at radius 1 is 0.788 bits per heavy atom. The van der Waals surface area contributed by atoms with E-state index in [-0.39, 0.29) is 5.82 Å². The second-order valence-corrected chi connectivity index (χ2v) is 8.28. The van der Waals surface area contributed by atoms with Crippen molar-refractivity contribution >= 4 is 12.2 Å². The predicted octanol–water partition coefficient (Wildman–Crippen LogP) is 8.41. The summed E-state index contributed by atoms with van der Waals surface area (Å²) in [5, 5.41) is 0. The van der Waals surface area contributed by atoms with Crippen LogP contribution < -0.4 is 4.74 Å². The molecule has 4 aromatic rings. The van der Waals surface area contributed by atoms with E-state index in [1.807, 2.05) is 13.0 Å². The van der Waals surface area contributed by atoms with Gasteiger partial charge in [0, 0.05) is 11.6 Å². The molecule has 4 rings (SSSR count). The van der Waals surface area contributed by atoms with Gasteiger partial charge in [0.15, 0.2) is 0 Å². The highest BCUT2D eigenvalue weighted by Gasteiger charge is 2.07. The molecule has 1 unspecified atom stereocenters. The fourth-order valence-electron chi connectivity index (χ4n) is 3.96. The number of ether oxygens (including phenoxy) is 1. The van der Waals surface area contributed by atoms with Crippen LogP contribution in [-0.2, 0) is 6.42 Å². The van der Waals surface area contributed by atoms with Crippen molar-refractivity contribution in [3.05, 3.63) is 125 Å². The van der Waals surface area contributed by atoms with Crippen molar-refractivity contribution < 1.29 is 9.13 Å². The molecule has 33 heavy (non-hydrogen) atoms. The summed E-state index contributed by atoms with van der Waals surface area (Å²) in [7, 11) is 0. The van der Waals surface area contributed by atoms with E-state index >= 15 is 0 Å². The Kier molecular flexibility index (Phi) is 7.36. The number of hydrogen-bond donors (Lipinski definition) is 0. The van der Waals surface area contributed by atoms with Gasteiger partial charge in [0.1, 0.15) is 11.6 Å². The van der Waals surface area contributed by atoms with Crippen LogP contribution in [0.4, 0.5) is 4.39 Å². The second-order valence-electron chi connectivity index (χ2n) is 8.28. The van der Waals surface area contributed by atoms with Gasteiger partial charge >= 0.3 is 0 Å². The smallest absolute Gasteiger partial charge is 0.134 e. The van der Waals surface area contributed by atoms with E-state index in [1.54, 1.807) is 18.2 Å². The zero-order valence-electron chi connectivity index (χ0n) is 19.2. The molecule has 0 radical (unpaired) electrons. The molecule has 1 atom stereocenters. The van der Waals surface area contributed by atoms with Crippen molar-refractivity contribution in [2.45, 2.75) is 26.2 Å². The van der Waals surface area contributed by atoms with Crippen molar-refractivity contribution in [3.63, 3.8) is 0 Å². The first-order chi connectivity index (χ1) is 16.1. The number of hydrogen-bond acceptors (Lipinski definition) is 1. The van der Waals surface area contributed by atoms with Crippen LogP contribution in [0.2, 0.25) is 0 Å². The monoisotopic (exact) mass is 436 g/mol. The molecular formula is C31H29FO. The Hall–Kier alpha value is -3.65. The highest BCUT2D eigenvalue weighted by molar-refractivity contribution is 5.72. The topological polar surface area (TPSA) is 9.23 Å². The van der Waals surface area contributed by atoms with Gasteiger partial charge < -0.3 is 4.74 Å². The van der Waals surface area contributed by atoms with E-state index in [1.165, 1.54) is 28.3 Å². The lowest BCUT2D eigenvalue weighted by Gasteiger charge is -2.12. The van der Waals surface area contributed by atoms with Crippen LogP contribution in [0, 0.1) is 5.82 Å². The van der Waals surface area contributed by atoms with Gasteiger partial charge in [-0.15, -0.1) is 0 Å². The van der Waals surface area contributed by atoms with Crippen LogP contribution in [0.1, 0.15) is 42.0 Å². The molecule has 0 amide bonds. The van der Waals surface area contributed by atoms with E-state index < -0.39 is 0 Å². The van der Waals surface area contributed by atoms with Crippen molar-refractivity contribution in [1.29, 1.82) is 0 Å². The molecule has 0 heterocycles. The minimum atomic E-state index is -0.282. The van der Waals surface area contributed by atoms with Crippen molar-refractivity contribution in [1.82, 2.24) is 0 Å². The third-order valence-corrected chi connectivity index (χ3v) is 5.85. The molecule has 0 aromatic heterocycles. The maximum absolute atomic E-state index is 14.2. The standard InChI is InChI=1S/C31H29FO/c1-3-33-30-20-19-29(31(32)22-30)18-11-24-9-14-27(15-10-24)28-16-12-25(13-17-28)21-23(2)26-7-5-4-6-8-26/h4-20,22-23H,3,21H2,1-2H3/b18-11+. The number of halogens is 1. The first-order valence-electron chi connectivity index (χ1n) is 11.5. The van der Waals surface area contributed by atoms with Gasteiger partial charge in [-0.2, -0.15) is 0 Å². The molecule has 0 spiro atoms. The van der Waals surface area contributed by atoms with E-state index in [2.05, 4.69) is 85.8 Å². The lowest BCUT2D eigenvalue weighted by molar-refractivity contribution is 0.338. The van der Waals surface area contributed by atoms with Gasteiger partial charge in [-0.1, -0.05) is 97.9 Å². The quantitative estimate of drug-likeness (QED) is 0.252. The normalized spacial score (nSPS) is 12.1. The zero-order chi connectivity index (χ0) is 23.0. The average Bonchev–Trinajstić information content (AvgIpc) is 2.85. The van der Waals surface area contributed by atoms with Crippen molar-refractivity contribution in [3.8, 4) is 16.9 Å². The maximum Gasteiger partial charge on any atom is 0.134 e. The third-order valence-electron chi connectivity index (χ3n) is 5.85. The summed E-state index contributed by atoms with van der Waals surface area (Å²) < 4.78 is 19.6. The van der Waals surface area contributed by atoms with Crippen LogP contribution >= 0.6 is 0 Å². The van der Waals surface area contributed by atoms with E-state index in [0.717, 1.165) is 12.0 Å². The molecule has 0 aliphatic heterocycles. The molecule has 0 saturated heterocycles.